The van der Waals surface area contributed by atoms with Crippen LogP contribution >= 0.6 is 11.8 Å². The second kappa shape index (κ2) is 2.51. The molecule has 0 aliphatic carbocycles. The Balaban J connectivity index is 2.36. The highest BCUT2D eigenvalue weighted by Crippen LogP contribution is 2.18. The zero-order chi connectivity index (χ0) is 5.98. The molecule has 2 atom stereocenters. The van der Waals surface area contributed by atoms with Crippen LogP contribution in [0.15, 0.2) is 4.99 Å². The number of nitrogens with zero attached hydrogens (tertiary/aromatic N) is 1. The van der Waals surface area contributed by atoms with E-state index in [0.717, 1.165) is 5.75 Å². The lowest BCUT2D eigenvalue weighted by molar-refractivity contribution is 0.718. The molecule has 46 valence electrons. The summed E-state index contributed by atoms with van der Waals surface area (Å²) in [7, 11) is 0. The molecule has 0 bridgehead atoms. The van der Waals surface area contributed by atoms with Crippen LogP contribution in [0.1, 0.15) is 6.92 Å². The van der Waals surface area contributed by atoms with Crippen molar-refractivity contribution in [3.05, 3.63) is 0 Å². The highest BCUT2D eigenvalue weighted by molar-refractivity contribution is 8.00. The maximum Gasteiger partial charge on any atom is 0.110 e. The summed E-state index contributed by atoms with van der Waals surface area (Å²) < 4.78 is 0. The van der Waals surface area contributed by atoms with Gasteiger partial charge in [-0.25, -0.2) is 0 Å². The average Bonchev–Trinajstić information content (AvgIpc) is 2.12. The topological polar surface area (TPSA) is 38.4 Å². The van der Waals surface area contributed by atoms with Crippen molar-refractivity contribution in [1.82, 2.24) is 0 Å². The van der Waals surface area contributed by atoms with E-state index in [0.29, 0.717) is 5.37 Å². The monoisotopic (exact) mass is 130 g/mol. The molecule has 8 heavy (non-hydrogen) atoms. The third-order valence-electron chi connectivity index (χ3n) is 1.04. The first kappa shape index (κ1) is 6.11. The fraction of sp³-hybridized carbons (Fsp3) is 0.800. The lowest BCUT2D eigenvalue weighted by atomic mass is 10.4. The third-order valence-corrected chi connectivity index (χ3v) is 2.28. The number of thioether (sulfide) groups is 1. The van der Waals surface area contributed by atoms with Crippen LogP contribution in [0.4, 0.5) is 0 Å². The van der Waals surface area contributed by atoms with Crippen LogP contribution in [-0.2, 0) is 0 Å². The SMILES string of the molecule is C[C@H](N)[C@H]1N=CCS1. The molecule has 0 aromatic rings. The lowest BCUT2D eigenvalue weighted by Gasteiger charge is -2.08. The summed E-state index contributed by atoms with van der Waals surface area (Å²) >= 11 is 1.80. The molecule has 0 saturated carbocycles. The van der Waals surface area contributed by atoms with Crippen LogP contribution in [0.5, 0.6) is 0 Å². The third kappa shape index (κ3) is 1.23. The van der Waals surface area contributed by atoms with Crippen LogP contribution < -0.4 is 5.73 Å². The molecule has 0 fully saturated rings. The number of aliphatic imine (C=N–C) groups is 1. The molecule has 3 heteroatoms. The summed E-state index contributed by atoms with van der Waals surface area (Å²) in [6.07, 6.45) is 1.93. The van der Waals surface area contributed by atoms with E-state index in [2.05, 4.69) is 4.99 Å². The molecule has 2 N–H and O–H groups in total. The summed E-state index contributed by atoms with van der Waals surface area (Å²) in [5, 5.41) is 0.329. The Labute approximate surface area is 53.6 Å². The molecule has 0 unspecified atom stereocenters. The van der Waals surface area contributed by atoms with Gasteiger partial charge in [0.25, 0.3) is 0 Å². The fourth-order valence-corrected chi connectivity index (χ4v) is 1.46. The Hall–Kier alpha value is -0.0200. The number of rotatable bonds is 1. The minimum atomic E-state index is 0.207. The zero-order valence-corrected chi connectivity index (χ0v) is 5.69. The van der Waals surface area contributed by atoms with E-state index in [9.17, 15) is 0 Å². The molecule has 0 aromatic heterocycles. The predicted molar refractivity (Wildman–Crippen MR) is 38.4 cm³/mol. The van der Waals surface area contributed by atoms with Crippen LogP contribution in [0.3, 0.4) is 0 Å². The molecule has 0 saturated heterocycles. The summed E-state index contributed by atoms with van der Waals surface area (Å²) in [5.41, 5.74) is 5.56. The Bertz CT molecular complexity index is 101. The van der Waals surface area contributed by atoms with Gasteiger partial charge in [-0.05, 0) is 6.92 Å². The van der Waals surface area contributed by atoms with Gasteiger partial charge in [-0.3, -0.25) is 4.99 Å². The molecule has 1 rings (SSSR count). The molecule has 1 heterocycles. The molecular formula is C5H10N2S. The van der Waals surface area contributed by atoms with Gasteiger partial charge in [0.15, 0.2) is 0 Å². The van der Waals surface area contributed by atoms with Crippen molar-refractivity contribution < 1.29 is 0 Å². The van der Waals surface area contributed by atoms with E-state index >= 15 is 0 Å². The van der Waals surface area contributed by atoms with E-state index in [4.69, 9.17) is 5.73 Å². The Morgan fingerprint density at radius 1 is 2.00 bits per heavy atom. The first-order valence-electron chi connectivity index (χ1n) is 2.69. The summed E-state index contributed by atoms with van der Waals surface area (Å²) in [6, 6.07) is 0.207. The van der Waals surface area contributed by atoms with E-state index in [1.807, 2.05) is 13.1 Å². The van der Waals surface area contributed by atoms with Gasteiger partial charge >= 0.3 is 0 Å². The minimum absolute atomic E-state index is 0.207. The van der Waals surface area contributed by atoms with E-state index in [1.54, 1.807) is 11.8 Å². The van der Waals surface area contributed by atoms with Crippen molar-refractivity contribution in [2.24, 2.45) is 10.7 Å². The maximum atomic E-state index is 5.56. The van der Waals surface area contributed by atoms with Crippen LogP contribution in [-0.4, -0.2) is 23.4 Å². The molecule has 0 amide bonds. The Kier molecular flexibility index (Phi) is 1.91. The number of hydrogen-bond acceptors (Lipinski definition) is 3. The van der Waals surface area contributed by atoms with Gasteiger partial charge in [0.2, 0.25) is 0 Å². The maximum absolute atomic E-state index is 5.56. The standard InChI is InChI=1S/C5H10N2S/c1-4(6)5-7-2-3-8-5/h2,4-5H,3,6H2,1H3/t4-,5-/m0/s1. The van der Waals surface area contributed by atoms with Crippen molar-refractivity contribution in [1.29, 1.82) is 0 Å². The van der Waals surface area contributed by atoms with Gasteiger partial charge in [-0.15, -0.1) is 11.8 Å². The van der Waals surface area contributed by atoms with Gasteiger partial charge in [0.1, 0.15) is 5.37 Å². The fourth-order valence-electron chi connectivity index (χ4n) is 0.619. The molecule has 0 spiro atoms. The molecule has 0 radical (unpaired) electrons. The smallest absolute Gasteiger partial charge is 0.110 e. The van der Waals surface area contributed by atoms with Gasteiger partial charge in [-0.1, -0.05) is 0 Å². The van der Waals surface area contributed by atoms with Gasteiger partial charge in [0, 0.05) is 18.0 Å². The molecule has 1 aliphatic heterocycles. The molecule has 1 aliphatic rings. The normalized spacial score (nSPS) is 31.0. The number of hydrogen-bond donors (Lipinski definition) is 1. The second-order valence-corrected chi connectivity index (χ2v) is 3.06. The Morgan fingerprint density at radius 2 is 2.75 bits per heavy atom. The van der Waals surface area contributed by atoms with Crippen LogP contribution in [0, 0.1) is 0 Å². The van der Waals surface area contributed by atoms with Crippen LogP contribution in [0.25, 0.3) is 0 Å². The van der Waals surface area contributed by atoms with Gasteiger partial charge < -0.3 is 5.73 Å². The van der Waals surface area contributed by atoms with E-state index in [-0.39, 0.29) is 6.04 Å². The van der Waals surface area contributed by atoms with Crippen molar-refractivity contribution in [2.45, 2.75) is 18.3 Å². The van der Waals surface area contributed by atoms with Gasteiger partial charge in [0.05, 0.1) is 0 Å². The summed E-state index contributed by atoms with van der Waals surface area (Å²) in [5.74, 6) is 1.03. The van der Waals surface area contributed by atoms with E-state index < -0.39 is 0 Å². The average molecular weight is 130 g/mol. The summed E-state index contributed by atoms with van der Waals surface area (Å²) in [4.78, 5) is 4.15. The molecular weight excluding hydrogens is 120 g/mol. The van der Waals surface area contributed by atoms with Crippen molar-refractivity contribution in [2.75, 3.05) is 5.75 Å². The van der Waals surface area contributed by atoms with Crippen molar-refractivity contribution >= 4 is 18.0 Å². The van der Waals surface area contributed by atoms with Crippen LogP contribution in [0.2, 0.25) is 0 Å². The predicted octanol–water partition coefficient (Wildman–Crippen LogP) is 0.477. The quantitative estimate of drug-likeness (QED) is 0.560. The largest absolute Gasteiger partial charge is 0.325 e. The van der Waals surface area contributed by atoms with E-state index in [1.165, 1.54) is 0 Å². The lowest BCUT2D eigenvalue weighted by Crippen LogP contribution is -2.25. The number of nitrogens with two attached hydrogens (primary N) is 1. The highest BCUT2D eigenvalue weighted by Gasteiger charge is 2.14. The first-order valence-corrected chi connectivity index (χ1v) is 3.74. The summed E-state index contributed by atoms with van der Waals surface area (Å²) in [6.45, 7) is 1.99. The molecule has 0 aromatic carbocycles. The van der Waals surface area contributed by atoms with Crippen molar-refractivity contribution in [3.63, 3.8) is 0 Å². The highest BCUT2D eigenvalue weighted by atomic mass is 32.2. The second-order valence-electron chi connectivity index (χ2n) is 1.91. The zero-order valence-electron chi connectivity index (χ0n) is 4.87. The minimum Gasteiger partial charge on any atom is -0.325 e. The first-order chi connectivity index (χ1) is 3.80. The van der Waals surface area contributed by atoms with Crippen molar-refractivity contribution in [3.8, 4) is 0 Å². The Morgan fingerprint density at radius 3 is 3.00 bits per heavy atom. The van der Waals surface area contributed by atoms with Gasteiger partial charge in [-0.2, -0.15) is 0 Å². The molecule has 2 nitrogen and oxygen atoms in total.